The van der Waals surface area contributed by atoms with Crippen LogP contribution in [-0.4, -0.2) is 52.9 Å². The average Bonchev–Trinajstić information content (AvgIpc) is 2.47. The number of benzene rings is 1. The lowest BCUT2D eigenvalue weighted by Gasteiger charge is -2.36. The smallest absolute Gasteiger partial charge is 0.235 e. The van der Waals surface area contributed by atoms with Crippen molar-refractivity contribution in [3.05, 3.63) is 35.4 Å². The molecule has 2 rings (SSSR count). The molecule has 1 aromatic carbocycles. The van der Waals surface area contributed by atoms with E-state index < -0.39 is 0 Å². The Balaban J connectivity index is 1.82. The van der Waals surface area contributed by atoms with Crippen LogP contribution in [0.25, 0.3) is 0 Å². The lowest BCUT2D eigenvalue weighted by atomic mass is 10.1. The molecule has 0 radical (unpaired) electrons. The summed E-state index contributed by atoms with van der Waals surface area (Å²) in [6.07, 6.45) is 0. The van der Waals surface area contributed by atoms with Gasteiger partial charge in [-0.05, 0) is 25.2 Å². The van der Waals surface area contributed by atoms with Gasteiger partial charge in [-0.1, -0.05) is 36.8 Å². The van der Waals surface area contributed by atoms with Crippen LogP contribution in [0.15, 0.2) is 24.3 Å². The summed E-state index contributed by atoms with van der Waals surface area (Å²) in [7, 11) is 0. The Morgan fingerprint density at radius 2 is 2.00 bits per heavy atom. The molecule has 1 fully saturated rings. The fourth-order valence-corrected chi connectivity index (χ4v) is 3.57. The number of hydrogen-bond acceptors (Lipinski definition) is 3. The van der Waals surface area contributed by atoms with E-state index in [9.17, 15) is 4.79 Å². The van der Waals surface area contributed by atoms with Gasteiger partial charge >= 0.3 is 0 Å². The van der Waals surface area contributed by atoms with Crippen molar-refractivity contribution >= 4 is 17.7 Å². The number of thioether (sulfide) groups is 1. The second-order valence-electron chi connectivity index (χ2n) is 5.69. The molecule has 1 amide bonds. The molecule has 1 heterocycles. The second kappa shape index (κ2) is 7.85. The monoisotopic (exact) mass is 306 g/mol. The molecule has 1 atom stereocenters. The molecule has 21 heavy (non-hydrogen) atoms. The quantitative estimate of drug-likeness (QED) is 0.836. The summed E-state index contributed by atoms with van der Waals surface area (Å²) < 4.78 is 0. The minimum Gasteiger partial charge on any atom is -0.339 e. The SMILES string of the molecule is CCSC(C)C(=O)N1CCN(Cc2cccc(C)c2)CC1. The summed E-state index contributed by atoms with van der Waals surface area (Å²) in [5.74, 6) is 1.30. The zero-order valence-electron chi connectivity index (χ0n) is 13.3. The minimum atomic E-state index is 0.0957. The molecule has 3 nitrogen and oxygen atoms in total. The molecular weight excluding hydrogens is 280 g/mol. The first-order valence-electron chi connectivity index (χ1n) is 7.78. The Bertz CT molecular complexity index is 470. The maximum Gasteiger partial charge on any atom is 0.235 e. The average molecular weight is 306 g/mol. The van der Waals surface area contributed by atoms with Gasteiger partial charge in [0, 0.05) is 32.7 Å². The van der Waals surface area contributed by atoms with Crippen molar-refractivity contribution < 1.29 is 4.79 Å². The lowest BCUT2D eigenvalue weighted by Crippen LogP contribution is -2.50. The van der Waals surface area contributed by atoms with Crippen molar-refractivity contribution in [1.29, 1.82) is 0 Å². The molecule has 1 aromatic rings. The van der Waals surface area contributed by atoms with Crippen LogP contribution in [0.3, 0.4) is 0 Å². The van der Waals surface area contributed by atoms with Gasteiger partial charge in [0.1, 0.15) is 0 Å². The fourth-order valence-electron chi connectivity index (χ4n) is 2.77. The van der Waals surface area contributed by atoms with Crippen LogP contribution in [0.4, 0.5) is 0 Å². The predicted octanol–water partition coefficient (Wildman–Crippen LogP) is 2.78. The van der Waals surface area contributed by atoms with E-state index >= 15 is 0 Å². The van der Waals surface area contributed by atoms with E-state index in [2.05, 4.69) is 43.0 Å². The topological polar surface area (TPSA) is 23.6 Å². The van der Waals surface area contributed by atoms with Crippen LogP contribution in [0, 0.1) is 6.92 Å². The number of rotatable bonds is 5. The van der Waals surface area contributed by atoms with Crippen LogP contribution >= 0.6 is 11.8 Å². The summed E-state index contributed by atoms with van der Waals surface area (Å²) in [6.45, 7) is 10.9. The summed E-state index contributed by atoms with van der Waals surface area (Å²) in [5.41, 5.74) is 2.68. The number of aryl methyl sites for hydroxylation is 1. The molecule has 4 heteroatoms. The molecule has 1 aliphatic rings. The third-order valence-corrected chi connectivity index (χ3v) is 4.97. The van der Waals surface area contributed by atoms with Gasteiger partial charge in [-0.25, -0.2) is 0 Å². The number of amides is 1. The highest BCUT2D eigenvalue weighted by Crippen LogP contribution is 2.15. The van der Waals surface area contributed by atoms with E-state index in [1.807, 2.05) is 11.8 Å². The Kier molecular flexibility index (Phi) is 6.12. The van der Waals surface area contributed by atoms with E-state index in [1.165, 1.54) is 11.1 Å². The summed E-state index contributed by atoms with van der Waals surface area (Å²) in [4.78, 5) is 16.8. The van der Waals surface area contributed by atoms with E-state index in [0.717, 1.165) is 38.5 Å². The molecule has 0 N–H and O–H groups in total. The Hall–Kier alpha value is -1.00. The van der Waals surface area contributed by atoms with Crippen molar-refractivity contribution in [3.8, 4) is 0 Å². The lowest BCUT2D eigenvalue weighted by molar-refractivity contribution is -0.132. The molecule has 116 valence electrons. The van der Waals surface area contributed by atoms with Crippen LogP contribution in [-0.2, 0) is 11.3 Å². The van der Waals surface area contributed by atoms with Gasteiger partial charge in [-0.2, -0.15) is 0 Å². The molecule has 0 aliphatic carbocycles. The Morgan fingerprint density at radius 1 is 1.29 bits per heavy atom. The third kappa shape index (κ3) is 4.75. The van der Waals surface area contributed by atoms with E-state index in [4.69, 9.17) is 0 Å². The maximum atomic E-state index is 12.3. The van der Waals surface area contributed by atoms with Gasteiger partial charge in [-0.3, -0.25) is 9.69 Å². The summed E-state index contributed by atoms with van der Waals surface area (Å²) in [5, 5.41) is 0.0957. The highest BCUT2D eigenvalue weighted by molar-refractivity contribution is 8.00. The number of piperazine rings is 1. The van der Waals surface area contributed by atoms with Gasteiger partial charge in [0.05, 0.1) is 5.25 Å². The minimum absolute atomic E-state index is 0.0957. The number of carbonyl (C=O) groups excluding carboxylic acids is 1. The van der Waals surface area contributed by atoms with Crippen LogP contribution < -0.4 is 0 Å². The summed E-state index contributed by atoms with van der Waals surface area (Å²) >= 11 is 1.73. The zero-order chi connectivity index (χ0) is 15.2. The van der Waals surface area contributed by atoms with Crippen molar-refractivity contribution in [2.75, 3.05) is 31.9 Å². The molecule has 0 bridgehead atoms. The highest BCUT2D eigenvalue weighted by Gasteiger charge is 2.24. The fraction of sp³-hybridized carbons (Fsp3) is 0.588. The number of hydrogen-bond donors (Lipinski definition) is 0. The highest BCUT2D eigenvalue weighted by atomic mass is 32.2. The van der Waals surface area contributed by atoms with Crippen LogP contribution in [0.5, 0.6) is 0 Å². The maximum absolute atomic E-state index is 12.3. The Labute approximate surface area is 132 Å². The summed E-state index contributed by atoms with van der Waals surface area (Å²) in [6, 6.07) is 8.68. The van der Waals surface area contributed by atoms with Gasteiger partial charge < -0.3 is 4.90 Å². The zero-order valence-corrected chi connectivity index (χ0v) is 14.2. The molecule has 1 aliphatic heterocycles. The van der Waals surface area contributed by atoms with E-state index in [0.29, 0.717) is 5.91 Å². The molecule has 0 saturated carbocycles. The van der Waals surface area contributed by atoms with Gasteiger partial charge in [0.15, 0.2) is 0 Å². The molecule has 0 aromatic heterocycles. The van der Waals surface area contributed by atoms with Crippen molar-refractivity contribution in [2.45, 2.75) is 32.6 Å². The third-order valence-electron chi connectivity index (χ3n) is 3.94. The number of carbonyl (C=O) groups is 1. The van der Waals surface area contributed by atoms with E-state index in [-0.39, 0.29) is 5.25 Å². The largest absolute Gasteiger partial charge is 0.339 e. The first-order valence-corrected chi connectivity index (χ1v) is 8.83. The van der Waals surface area contributed by atoms with Crippen LogP contribution in [0.2, 0.25) is 0 Å². The molecule has 1 unspecified atom stereocenters. The van der Waals surface area contributed by atoms with Gasteiger partial charge in [-0.15, -0.1) is 11.8 Å². The normalized spacial score (nSPS) is 17.8. The first kappa shape index (κ1) is 16.4. The van der Waals surface area contributed by atoms with Crippen molar-refractivity contribution in [1.82, 2.24) is 9.80 Å². The van der Waals surface area contributed by atoms with Crippen molar-refractivity contribution in [3.63, 3.8) is 0 Å². The van der Waals surface area contributed by atoms with Crippen molar-refractivity contribution in [2.24, 2.45) is 0 Å². The predicted molar refractivity (Wildman–Crippen MR) is 90.6 cm³/mol. The molecule has 0 spiro atoms. The molecular formula is C17H26N2OS. The van der Waals surface area contributed by atoms with Gasteiger partial charge in [0.2, 0.25) is 5.91 Å². The van der Waals surface area contributed by atoms with E-state index in [1.54, 1.807) is 11.8 Å². The standard InChI is InChI=1S/C17H26N2OS/c1-4-21-15(3)17(20)19-10-8-18(9-11-19)13-16-7-5-6-14(2)12-16/h5-7,12,15H,4,8-11,13H2,1-3H3. The second-order valence-corrected chi connectivity index (χ2v) is 7.31. The first-order chi connectivity index (χ1) is 10.1. The van der Waals surface area contributed by atoms with Gasteiger partial charge in [0.25, 0.3) is 0 Å². The van der Waals surface area contributed by atoms with Crippen LogP contribution in [0.1, 0.15) is 25.0 Å². The Morgan fingerprint density at radius 3 is 2.62 bits per heavy atom. The molecule has 1 saturated heterocycles. The number of nitrogens with zero attached hydrogens (tertiary/aromatic N) is 2.